The molecule has 2 aliphatic heterocycles. The van der Waals surface area contributed by atoms with Gasteiger partial charge in [0.15, 0.2) is 11.5 Å². The molecule has 9 heteroatoms. The third kappa shape index (κ3) is 4.36. The van der Waals surface area contributed by atoms with Crippen molar-refractivity contribution in [3.05, 3.63) is 53.1 Å². The lowest BCUT2D eigenvalue weighted by Gasteiger charge is -2.26. The molecule has 1 amide bonds. The van der Waals surface area contributed by atoms with Crippen molar-refractivity contribution in [2.24, 2.45) is 0 Å². The van der Waals surface area contributed by atoms with Gasteiger partial charge < -0.3 is 18.8 Å². The van der Waals surface area contributed by atoms with E-state index in [4.69, 9.17) is 25.5 Å². The third-order valence-electron chi connectivity index (χ3n) is 5.32. The fourth-order valence-electron chi connectivity index (χ4n) is 3.89. The number of carbonyl (C=O) groups is 1. The zero-order chi connectivity index (χ0) is 21.2. The SMILES string of the molecule is O=C(CSc1nnc(-c2cccc(Cl)c2)o1)N1CCCC1c1ccc2c(c1)OCCO2. The molecule has 1 atom stereocenters. The number of likely N-dealkylation sites (tertiary alicyclic amines) is 1. The first kappa shape index (κ1) is 20.2. The number of rotatable bonds is 5. The van der Waals surface area contributed by atoms with E-state index in [1.165, 1.54) is 11.8 Å². The molecule has 3 aromatic rings. The van der Waals surface area contributed by atoms with E-state index in [0.29, 0.717) is 29.3 Å². The Labute approximate surface area is 188 Å². The third-order valence-corrected chi connectivity index (χ3v) is 6.36. The summed E-state index contributed by atoms with van der Waals surface area (Å²) < 4.78 is 17.0. The van der Waals surface area contributed by atoms with Crippen molar-refractivity contribution < 1.29 is 18.7 Å². The predicted molar refractivity (Wildman–Crippen MR) is 117 cm³/mol. The van der Waals surface area contributed by atoms with Gasteiger partial charge in [-0.05, 0) is 48.7 Å². The molecule has 1 aromatic heterocycles. The monoisotopic (exact) mass is 457 g/mol. The Morgan fingerprint density at radius 3 is 2.87 bits per heavy atom. The second-order valence-electron chi connectivity index (χ2n) is 7.32. The number of fused-ring (bicyclic) bond motifs is 1. The average Bonchev–Trinajstić information content (AvgIpc) is 3.47. The van der Waals surface area contributed by atoms with Gasteiger partial charge in [0.25, 0.3) is 5.22 Å². The highest BCUT2D eigenvalue weighted by molar-refractivity contribution is 7.99. The highest BCUT2D eigenvalue weighted by atomic mass is 35.5. The molecular weight excluding hydrogens is 438 g/mol. The van der Waals surface area contributed by atoms with Crippen LogP contribution >= 0.6 is 23.4 Å². The van der Waals surface area contributed by atoms with Crippen LogP contribution in [0.2, 0.25) is 5.02 Å². The molecule has 0 aliphatic carbocycles. The van der Waals surface area contributed by atoms with Gasteiger partial charge in [-0.1, -0.05) is 35.5 Å². The summed E-state index contributed by atoms with van der Waals surface area (Å²) in [4.78, 5) is 14.9. The number of halogens is 1. The van der Waals surface area contributed by atoms with Crippen molar-refractivity contribution in [1.29, 1.82) is 0 Å². The second-order valence-corrected chi connectivity index (χ2v) is 8.68. The summed E-state index contributed by atoms with van der Waals surface area (Å²) in [6.07, 6.45) is 1.89. The quantitative estimate of drug-likeness (QED) is 0.517. The maximum Gasteiger partial charge on any atom is 0.277 e. The summed E-state index contributed by atoms with van der Waals surface area (Å²) in [7, 11) is 0. The molecule has 0 N–H and O–H groups in total. The smallest absolute Gasteiger partial charge is 0.277 e. The van der Waals surface area contributed by atoms with E-state index in [1.54, 1.807) is 12.1 Å². The lowest BCUT2D eigenvalue weighted by atomic mass is 10.0. The number of hydrogen-bond donors (Lipinski definition) is 0. The molecule has 160 valence electrons. The van der Waals surface area contributed by atoms with Gasteiger partial charge in [0.05, 0.1) is 11.8 Å². The van der Waals surface area contributed by atoms with Crippen LogP contribution in [-0.2, 0) is 4.79 Å². The van der Waals surface area contributed by atoms with Gasteiger partial charge in [-0.15, -0.1) is 10.2 Å². The summed E-state index contributed by atoms with van der Waals surface area (Å²) in [5.74, 6) is 2.17. The summed E-state index contributed by atoms with van der Waals surface area (Å²) in [5, 5.41) is 9.06. The van der Waals surface area contributed by atoms with Crippen molar-refractivity contribution >= 4 is 29.3 Å². The summed E-state index contributed by atoms with van der Waals surface area (Å²) in [6.45, 7) is 1.84. The Balaban J connectivity index is 1.24. The van der Waals surface area contributed by atoms with Crippen LogP contribution in [0, 0.1) is 0 Å². The fourth-order valence-corrected chi connectivity index (χ4v) is 4.73. The van der Waals surface area contributed by atoms with Gasteiger partial charge in [0.1, 0.15) is 13.2 Å². The first-order valence-corrected chi connectivity index (χ1v) is 11.4. The largest absolute Gasteiger partial charge is 0.486 e. The average molecular weight is 458 g/mol. The van der Waals surface area contributed by atoms with Crippen LogP contribution in [0.25, 0.3) is 11.5 Å². The number of thioether (sulfide) groups is 1. The van der Waals surface area contributed by atoms with Gasteiger partial charge in [-0.3, -0.25) is 4.79 Å². The Morgan fingerprint density at radius 1 is 1.13 bits per heavy atom. The molecule has 7 nitrogen and oxygen atoms in total. The molecule has 2 aromatic carbocycles. The summed E-state index contributed by atoms with van der Waals surface area (Å²) >= 11 is 7.27. The lowest BCUT2D eigenvalue weighted by molar-refractivity contribution is -0.129. The van der Waals surface area contributed by atoms with Crippen LogP contribution < -0.4 is 9.47 Å². The summed E-state index contributed by atoms with van der Waals surface area (Å²) in [5.41, 5.74) is 1.82. The normalized spacial score (nSPS) is 17.7. The number of aromatic nitrogens is 2. The van der Waals surface area contributed by atoms with Gasteiger partial charge in [0, 0.05) is 17.1 Å². The highest BCUT2D eigenvalue weighted by Crippen LogP contribution is 2.38. The molecule has 5 rings (SSSR count). The molecule has 0 radical (unpaired) electrons. The number of carbonyl (C=O) groups excluding carboxylic acids is 1. The fraction of sp³-hybridized carbons (Fsp3) is 0.318. The molecule has 1 fully saturated rings. The molecule has 1 saturated heterocycles. The topological polar surface area (TPSA) is 77.7 Å². The van der Waals surface area contributed by atoms with Crippen LogP contribution in [0.15, 0.2) is 52.1 Å². The van der Waals surface area contributed by atoms with Gasteiger partial charge >= 0.3 is 0 Å². The molecule has 0 bridgehead atoms. The van der Waals surface area contributed by atoms with Crippen molar-refractivity contribution in [3.8, 4) is 23.0 Å². The number of amides is 1. The zero-order valence-corrected chi connectivity index (χ0v) is 18.2. The molecule has 0 saturated carbocycles. The maximum atomic E-state index is 13.0. The van der Waals surface area contributed by atoms with Crippen molar-refractivity contribution in [3.63, 3.8) is 0 Å². The Kier molecular flexibility index (Phi) is 5.74. The van der Waals surface area contributed by atoms with Crippen LogP contribution in [0.3, 0.4) is 0 Å². The van der Waals surface area contributed by atoms with Crippen molar-refractivity contribution in [1.82, 2.24) is 15.1 Å². The number of ether oxygens (including phenoxy) is 2. The van der Waals surface area contributed by atoms with E-state index >= 15 is 0 Å². The molecule has 31 heavy (non-hydrogen) atoms. The Morgan fingerprint density at radius 2 is 2.00 bits per heavy atom. The van der Waals surface area contributed by atoms with E-state index in [-0.39, 0.29) is 17.7 Å². The van der Waals surface area contributed by atoms with E-state index in [1.807, 2.05) is 35.2 Å². The Bertz CT molecular complexity index is 1110. The summed E-state index contributed by atoms with van der Waals surface area (Å²) in [6, 6.07) is 13.2. The van der Waals surface area contributed by atoms with Crippen LogP contribution in [0.4, 0.5) is 0 Å². The van der Waals surface area contributed by atoms with E-state index < -0.39 is 0 Å². The standard InChI is InChI=1S/C22H20ClN3O4S/c23-16-4-1-3-15(11-16)21-24-25-22(30-21)31-13-20(27)26-8-2-5-17(26)14-6-7-18-19(12-14)29-10-9-28-18/h1,3-4,6-7,11-12,17H,2,5,8-10,13H2. The first-order chi connectivity index (χ1) is 15.2. The molecule has 0 spiro atoms. The number of benzene rings is 2. The minimum atomic E-state index is 0.0358. The van der Waals surface area contributed by atoms with Crippen LogP contribution in [0.5, 0.6) is 11.5 Å². The van der Waals surface area contributed by atoms with Crippen LogP contribution in [0.1, 0.15) is 24.4 Å². The number of hydrogen-bond acceptors (Lipinski definition) is 7. The van der Waals surface area contributed by atoms with E-state index in [2.05, 4.69) is 10.2 Å². The number of nitrogens with zero attached hydrogens (tertiary/aromatic N) is 3. The minimum absolute atomic E-state index is 0.0358. The molecule has 3 heterocycles. The molecule has 2 aliphatic rings. The minimum Gasteiger partial charge on any atom is -0.486 e. The second kappa shape index (κ2) is 8.80. The predicted octanol–water partition coefficient (Wildman–Crippen LogP) is 4.62. The zero-order valence-electron chi connectivity index (χ0n) is 16.6. The maximum absolute atomic E-state index is 13.0. The molecule has 1 unspecified atom stereocenters. The highest BCUT2D eigenvalue weighted by Gasteiger charge is 2.31. The van der Waals surface area contributed by atoms with Crippen molar-refractivity contribution in [2.75, 3.05) is 25.5 Å². The van der Waals surface area contributed by atoms with E-state index in [9.17, 15) is 4.79 Å². The first-order valence-electron chi connectivity index (χ1n) is 10.1. The molecular formula is C22H20ClN3O4S. The van der Waals surface area contributed by atoms with E-state index in [0.717, 1.165) is 42.0 Å². The van der Waals surface area contributed by atoms with Crippen molar-refractivity contribution in [2.45, 2.75) is 24.1 Å². The Hall–Kier alpha value is -2.71. The van der Waals surface area contributed by atoms with Crippen LogP contribution in [-0.4, -0.2) is 46.5 Å². The van der Waals surface area contributed by atoms with Gasteiger partial charge in [-0.25, -0.2) is 0 Å². The lowest BCUT2D eigenvalue weighted by Crippen LogP contribution is -2.32. The van der Waals surface area contributed by atoms with Gasteiger partial charge in [0.2, 0.25) is 11.8 Å². The van der Waals surface area contributed by atoms with Gasteiger partial charge in [-0.2, -0.15) is 0 Å².